The smallest absolute Gasteiger partial charge is 0.317 e. The van der Waals surface area contributed by atoms with Gasteiger partial charge < -0.3 is 10.2 Å². The number of hydrogen-bond acceptors (Lipinski definition) is 2. The van der Waals surface area contributed by atoms with E-state index in [1.54, 1.807) is 4.90 Å². The molecule has 0 bridgehead atoms. The highest BCUT2D eigenvalue weighted by Gasteiger charge is 2.12. The molecule has 0 aliphatic heterocycles. The summed E-state index contributed by atoms with van der Waals surface area (Å²) in [5.41, 5.74) is 1.05. The summed E-state index contributed by atoms with van der Waals surface area (Å²) in [6, 6.07) is 11.6. The van der Waals surface area contributed by atoms with Crippen molar-refractivity contribution >= 4 is 17.6 Å². The first-order chi connectivity index (χ1) is 9.27. The molecule has 5 heteroatoms. The van der Waals surface area contributed by atoms with Crippen LogP contribution in [0.3, 0.4) is 0 Å². The van der Waals surface area contributed by atoms with E-state index < -0.39 is 0 Å². The molecule has 0 fully saturated rings. The van der Waals surface area contributed by atoms with Gasteiger partial charge in [-0.05, 0) is 12.0 Å². The van der Waals surface area contributed by atoms with Crippen molar-refractivity contribution in [3.05, 3.63) is 35.9 Å². The zero-order valence-corrected chi connectivity index (χ0v) is 11.6. The second-order valence-corrected chi connectivity index (χ2v) is 4.47. The van der Waals surface area contributed by atoms with Crippen LogP contribution in [0.25, 0.3) is 0 Å². The molecule has 0 saturated carbocycles. The lowest BCUT2D eigenvalue weighted by molar-refractivity contribution is 0.196. The van der Waals surface area contributed by atoms with Gasteiger partial charge in [0, 0.05) is 25.5 Å². The molecule has 2 amide bonds. The van der Waals surface area contributed by atoms with Crippen molar-refractivity contribution in [1.29, 1.82) is 5.26 Å². The second-order valence-electron chi connectivity index (χ2n) is 4.09. The fourth-order valence-electron chi connectivity index (χ4n) is 1.62. The van der Waals surface area contributed by atoms with Crippen molar-refractivity contribution in [2.24, 2.45) is 0 Å². The third-order valence-electron chi connectivity index (χ3n) is 2.58. The molecule has 19 heavy (non-hydrogen) atoms. The number of nitrogens with zero attached hydrogens (tertiary/aromatic N) is 2. The van der Waals surface area contributed by atoms with Crippen molar-refractivity contribution in [2.45, 2.75) is 19.4 Å². The summed E-state index contributed by atoms with van der Waals surface area (Å²) in [6.07, 6.45) is 1.07. The molecule has 0 unspecified atom stereocenters. The maximum Gasteiger partial charge on any atom is 0.317 e. The van der Waals surface area contributed by atoms with Gasteiger partial charge in [0.25, 0.3) is 0 Å². The minimum Gasteiger partial charge on any atom is -0.338 e. The molecular formula is C14H18ClN3O. The lowest BCUT2D eigenvalue weighted by Crippen LogP contribution is -2.40. The van der Waals surface area contributed by atoms with E-state index in [-0.39, 0.29) is 6.03 Å². The molecule has 0 aliphatic rings. The molecule has 0 spiro atoms. The molecule has 1 aromatic carbocycles. The standard InChI is InChI=1S/C14H18ClN3O/c15-8-4-10-17-14(19)18(11-5-9-16)12-13-6-2-1-3-7-13/h1-3,6-7H,4-5,8,10-12H2,(H,17,19). The van der Waals surface area contributed by atoms with Crippen LogP contribution in [-0.4, -0.2) is 29.9 Å². The van der Waals surface area contributed by atoms with Crippen LogP contribution in [0, 0.1) is 11.3 Å². The third kappa shape index (κ3) is 6.12. The number of amides is 2. The highest BCUT2D eigenvalue weighted by molar-refractivity contribution is 6.17. The molecule has 102 valence electrons. The monoisotopic (exact) mass is 279 g/mol. The SMILES string of the molecule is N#CCCN(Cc1ccccc1)C(=O)NCCCCl. The van der Waals surface area contributed by atoms with Gasteiger partial charge in [-0.2, -0.15) is 5.26 Å². The van der Waals surface area contributed by atoms with Crippen LogP contribution < -0.4 is 5.32 Å². The summed E-state index contributed by atoms with van der Waals surface area (Å²) in [5, 5.41) is 11.5. The van der Waals surface area contributed by atoms with E-state index in [0.29, 0.717) is 31.9 Å². The van der Waals surface area contributed by atoms with Crippen LogP contribution in [0.4, 0.5) is 4.79 Å². The second kappa shape index (κ2) is 9.23. The van der Waals surface area contributed by atoms with E-state index in [4.69, 9.17) is 16.9 Å². The number of benzene rings is 1. The minimum absolute atomic E-state index is 0.149. The summed E-state index contributed by atoms with van der Waals surface area (Å²) in [7, 11) is 0. The summed E-state index contributed by atoms with van der Waals surface area (Å²) in [5.74, 6) is 0.525. The summed E-state index contributed by atoms with van der Waals surface area (Å²) < 4.78 is 0. The van der Waals surface area contributed by atoms with Crippen LogP contribution >= 0.6 is 11.6 Å². The van der Waals surface area contributed by atoms with Gasteiger partial charge in [0.1, 0.15) is 0 Å². The summed E-state index contributed by atoms with van der Waals surface area (Å²) in [4.78, 5) is 13.6. The van der Waals surface area contributed by atoms with Gasteiger partial charge in [-0.1, -0.05) is 30.3 Å². The van der Waals surface area contributed by atoms with E-state index in [2.05, 4.69) is 11.4 Å². The fraction of sp³-hybridized carbons (Fsp3) is 0.429. The topological polar surface area (TPSA) is 56.1 Å². The Labute approximate surface area is 119 Å². The zero-order chi connectivity index (χ0) is 13.9. The number of alkyl halides is 1. The highest BCUT2D eigenvalue weighted by Crippen LogP contribution is 2.05. The molecule has 1 aromatic rings. The normalized spacial score (nSPS) is 9.68. The Morgan fingerprint density at radius 2 is 2.11 bits per heavy atom. The Morgan fingerprint density at radius 1 is 1.37 bits per heavy atom. The predicted octanol–water partition coefficient (Wildman–Crippen LogP) is 2.74. The van der Waals surface area contributed by atoms with Crippen LogP contribution in [0.5, 0.6) is 0 Å². The number of carbonyl (C=O) groups is 1. The van der Waals surface area contributed by atoms with E-state index >= 15 is 0 Å². The van der Waals surface area contributed by atoms with Crippen LogP contribution in [0.1, 0.15) is 18.4 Å². The number of nitrogens with one attached hydrogen (secondary N) is 1. The van der Waals surface area contributed by atoms with Gasteiger partial charge in [0.05, 0.1) is 12.5 Å². The number of urea groups is 1. The Morgan fingerprint density at radius 3 is 2.74 bits per heavy atom. The van der Waals surface area contributed by atoms with E-state index in [0.717, 1.165) is 12.0 Å². The lowest BCUT2D eigenvalue weighted by Gasteiger charge is -2.22. The Bertz CT molecular complexity index is 416. The first-order valence-electron chi connectivity index (χ1n) is 6.27. The fourth-order valence-corrected chi connectivity index (χ4v) is 1.75. The molecule has 1 N–H and O–H groups in total. The lowest BCUT2D eigenvalue weighted by atomic mass is 10.2. The molecule has 0 aliphatic carbocycles. The molecule has 0 aromatic heterocycles. The maximum atomic E-state index is 12.0. The van der Waals surface area contributed by atoms with Crippen LogP contribution in [0.2, 0.25) is 0 Å². The number of nitriles is 1. The average molecular weight is 280 g/mol. The molecule has 0 heterocycles. The van der Waals surface area contributed by atoms with Crippen molar-refractivity contribution in [3.63, 3.8) is 0 Å². The van der Waals surface area contributed by atoms with Crippen molar-refractivity contribution in [3.8, 4) is 6.07 Å². The van der Waals surface area contributed by atoms with Gasteiger partial charge in [0.2, 0.25) is 0 Å². The molecule has 0 saturated heterocycles. The van der Waals surface area contributed by atoms with Gasteiger partial charge in [-0.25, -0.2) is 4.79 Å². The van der Waals surface area contributed by atoms with Gasteiger partial charge >= 0.3 is 6.03 Å². The van der Waals surface area contributed by atoms with Crippen molar-refractivity contribution < 1.29 is 4.79 Å². The minimum atomic E-state index is -0.149. The van der Waals surface area contributed by atoms with E-state index in [1.165, 1.54) is 0 Å². The zero-order valence-electron chi connectivity index (χ0n) is 10.8. The average Bonchev–Trinajstić information content (AvgIpc) is 2.44. The number of rotatable bonds is 7. The molecule has 4 nitrogen and oxygen atoms in total. The van der Waals surface area contributed by atoms with Gasteiger partial charge in [-0.15, -0.1) is 11.6 Å². The van der Waals surface area contributed by atoms with Gasteiger partial charge in [-0.3, -0.25) is 0 Å². The molecule has 0 atom stereocenters. The Hall–Kier alpha value is -1.73. The first-order valence-corrected chi connectivity index (χ1v) is 6.81. The molecule has 1 rings (SSSR count). The molecular weight excluding hydrogens is 262 g/mol. The first kappa shape index (κ1) is 15.3. The summed E-state index contributed by atoms with van der Waals surface area (Å²) in [6.45, 7) is 1.49. The van der Waals surface area contributed by atoms with Crippen LogP contribution in [-0.2, 0) is 6.54 Å². The number of hydrogen-bond donors (Lipinski definition) is 1. The van der Waals surface area contributed by atoms with Crippen molar-refractivity contribution in [2.75, 3.05) is 19.0 Å². The predicted molar refractivity (Wildman–Crippen MR) is 75.8 cm³/mol. The van der Waals surface area contributed by atoms with E-state index in [1.807, 2.05) is 30.3 Å². The highest BCUT2D eigenvalue weighted by atomic mass is 35.5. The Kier molecular flexibility index (Phi) is 7.45. The largest absolute Gasteiger partial charge is 0.338 e. The number of halogens is 1. The molecule has 0 radical (unpaired) electrons. The van der Waals surface area contributed by atoms with E-state index in [9.17, 15) is 4.79 Å². The summed E-state index contributed by atoms with van der Waals surface area (Å²) >= 11 is 5.57. The maximum absolute atomic E-state index is 12.0. The van der Waals surface area contributed by atoms with Gasteiger partial charge in [0.15, 0.2) is 0 Å². The van der Waals surface area contributed by atoms with Crippen LogP contribution in [0.15, 0.2) is 30.3 Å². The van der Waals surface area contributed by atoms with Crippen molar-refractivity contribution in [1.82, 2.24) is 10.2 Å². The Balaban J connectivity index is 2.56. The quantitative estimate of drug-likeness (QED) is 0.616. The third-order valence-corrected chi connectivity index (χ3v) is 2.85. The number of carbonyl (C=O) groups excluding carboxylic acids is 1.